The first-order chi connectivity index (χ1) is 6.61. The van der Waals surface area contributed by atoms with Gasteiger partial charge in [-0.3, -0.25) is 0 Å². The number of aliphatic hydroxyl groups is 3. The maximum absolute atomic E-state index is 9.51. The Bertz CT molecular complexity index is 175. The second-order valence-electron chi connectivity index (χ2n) is 3.33. The van der Waals surface area contributed by atoms with Gasteiger partial charge >= 0.3 is 0 Å². The van der Waals surface area contributed by atoms with Crippen LogP contribution < -0.4 is 5.73 Å². The lowest BCUT2D eigenvalue weighted by atomic mass is 9.97. The van der Waals surface area contributed by atoms with E-state index < -0.39 is 30.7 Å². The Morgan fingerprint density at radius 2 is 1.86 bits per heavy atom. The van der Waals surface area contributed by atoms with Crippen LogP contribution in [0.1, 0.15) is 6.42 Å². The highest BCUT2D eigenvalue weighted by Gasteiger charge is 2.43. The van der Waals surface area contributed by atoms with E-state index in [1.54, 1.807) is 0 Å². The fourth-order valence-corrected chi connectivity index (χ4v) is 1.51. The van der Waals surface area contributed by atoms with Gasteiger partial charge in [0.05, 0.1) is 6.10 Å². The molecule has 0 aliphatic carbocycles. The van der Waals surface area contributed by atoms with E-state index in [4.69, 9.17) is 15.2 Å². The van der Waals surface area contributed by atoms with Crippen molar-refractivity contribution in [2.75, 3.05) is 13.7 Å². The maximum atomic E-state index is 9.51. The molecule has 0 aromatic rings. The lowest BCUT2D eigenvalue weighted by molar-refractivity contribution is -0.290. The molecule has 5 atom stereocenters. The van der Waals surface area contributed by atoms with Gasteiger partial charge in [0.1, 0.15) is 18.3 Å². The zero-order valence-electron chi connectivity index (χ0n) is 8.04. The topological polar surface area (TPSA) is 105 Å². The molecule has 0 aromatic carbocycles. The van der Waals surface area contributed by atoms with E-state index >= 15 is 0 Å². The Morgan fingerprint density at radius 1 is 1.21 bits per heavy atom. The molecule has 1 aliphatic heterocycles. The van der Waals surface area contributed by atoms with Crippen molar-refractivity contribution in [1.82, 2.24) is 0 Å². The summed E-state index contributed by atoms with van der Waals surface area (Å²) in [5, 5.41) is 28.4. The first kappa shape index (κ1) is 11.8. The molecule has 6 heteroatoms. The molecule has 5 N–H and O–H groups in total. The van der Waals surface area contributed by atoms with E-state index in [0.29, 0.717) is 13.0 Å². The van der Waals surface area contributed by atoms with Gasteiger partial charge in [-0.25, -0.2) is 0 Å². The molecule has 1 saturated heterocycles. The van der Waals surface area contributed by atoms with Crippen LogP contribution in [0.4, 0.5) is 0 Å². The highest BCUT2D eigenvalue weighted by Crippen LogP contribution is 2.22. The van der Waals surface area contributed by atoms with Crippen LogP contribution in [0.25, 0.3) is 0 Å². The van der Waals surface area contributed by atoms with Gasteiger partial charge in [0, 0.05) is 7.11 Å². The Balaban J connectivity index is 2.63. The Hall–Kier alpha value is -0.240. The Kier molecular flexibility index (Phi) is 4.24. The number of aliphatic hydroxyl groups excluding tert-OH is 3. The smallest absolute Gasteiger partial charge is 0.186 e. The molecule has 6 nitrogen and oxygen atoms in total. The summed E-state index contributed by atoms with van der Waals surface area (Å²) >= 11 is 0. The quantitative estimate of drug-likeness (QED) is 0.418. The second-order valence-corrected chi connectivity index (χ2v) is 3.33. The minimum atomic E-state index is -1.26. The van der Waals surface area contributed by atoms with Crippen LogP contribution >= 0.6 is 0 Å². The highest BCUT2D eigenvalue weighted by molar-refractivity contribution is 4.88. The summed E-state index contributed by atoms with van der Waals surface area (Å²) in [4.78, 5) is 0. The van der Waals surface area contributed by atoms with E-state index in [-0.39, 0.29) is 0 Å². The first-order valence-corrected chi connectivity index (χ1v) is 4.54. The van der Waals surface area contributed by atoms with Crippen molar-refractivity contribution in [3.05, 3.63) is 0 Å². The maximum Gasteiger partial charge on any atom is 0.186 e. The lowest BCUT2D eigenvalue weighted by Crippen LogP contribution is -2.58. The van der Waals surface area contributed by atoms with Gasteiger partial charge < -0.3 is 30.5 Å². The number of rotatable bonds is 3. The summed E-state index contributed by atoms with van der Waals surface area (Å²) in [6.45, 7) is 0.334. The van der Waals surface area contributed by atoms with Crippen molar-refractivity contribution >= 4 is 0 Å². The number of ether oxygens (including phenoxy) is 2. The number of methoxy groups -OCH3 is 1. The summed E-state index contributed by atoms with van der Waals surface area (Å²) in [5.74, 6) is 0. The van der Waals surface area contributed by atoms with Crippen molar-refractivity contribution in [3.63, 3.8) is 0 Å². The predicted molar refractivity (Wildman–Crippen MR) is 47.4 cm³/mol. The van der Waals surface area contributed by atoms with Crippen LogP contribution in [0, 0.1) is 0 Å². The fraction of sp³-hybridized carbons (Fsp3) is 1.00. The van der Waals surface area contributed by atoms with Crippen molar-refractivity contribution in [2.24, 2.45) is 5.73 Å². The zero-order chi connectivity index (χ0) is 10.7. The molecule has 0 bridgehead atoms. The van der Waals surface area contributed by atoms with Crippen molar-refractivity contribution < 1.29 is 24.8 Å². The van der Waals surface area contributed by atoms with Crippen LogP contribution in [0.5, 0.6) is 0 Å². The molecule has 0 amide bonds. The third kappa shape index (κ3) is 2.22. The van der Waals surface area contributed by atoms with Crippen molar-refractivity contribution in [1.29, 1.82) is 0 Å². The van der Waals surface area contributed by atoms with Gasteiger partial charge in [-0.2, -0.15) is 0 Å². The summed E-state index contributed by atoms with van der Waals surface area (Å²) in [6, 6.07) is 0. The largest absolute Gasteiger partial charge is 0.388 e. The lowest BCUT2D eigenvalue weighted by Gasteiger charge is -2.39. The fourth-order valence-electron chi connectivity index (χ4n) is 1.51. The molecule has 1 rings (SSSR count). The van der Waals surface area contributed by atoms with Crippen LogP contribution in [0.15, 0.2) is 0 Å². The molecule has 2 unspecified atom stereocenters. The Morgan fingerprint density at radius 3 is 2.36 bits per heavy atom. The summed E-state index contributed by atoms with van der Waals surface area (Å²) in [6.07, 6.45) is -4.72. The van der Waals surface area contributed by atoms with Gasteiger partial charge in [0.25, 0.3) is 0 Å². The standard InChI is InChI=1S/C8H17NO5/c1-13-8-7(12)6(11)5(10)4(14-8)2-3-9/h4-8,10-12H,2-3,9H2,1H3/t4?,5-,6?,7-,8+/m1/s1. The van der Waals surface area contributed by atoms with E-state index in [1.807, 2.05) is 0 Å². The van der Waals surface area contributed by atoms with Crippen molar-refractivity contribution in [2.45, 2.75) is 37.1 Å². The third-order valence-electron chi connectivity index (χ3n) is 2.35. The molecule has 1 aliphatic rings. The van der Waals surface area contributed by atoms with Gasteiger partial charge in [-0.15, -0.1) is 0 Å². The molecular formula is C8H17NO5. The van der Waals surface area contributed by atoms with E-state index in [2.05, 4.69) is 0 Å². The third-order valence-corrected chi connectivity index (χ3v) is 2.35. The Labute approximate surface area is 82.2 Å². The molecule has 0 aromatic heterocycles. The van der Waals surface area contributed by atoms with E-state index in [0.717, 1.165) is 0 Å². The summed E-state index contributed by atoms with van der Waals surface area (Å²) in [5.41, 5.74) is 5.31. The molecule has 1 fully saturated rings. The number of hydrogen-bond donors (Lipinski definition) is 4. The SMILES string of the molecule is CO[C@H]1OC(CCN)[C@@H](O)C(O)[C@H]1O. The highest BCUT2D eigenvalue weighted by atomic mass is 16.7. The first-order valence-electron chi connectivity index (χ1n) is 4.54. The minimum Gasteiger partial charge on any atom is -0.388 e. The van der Waals surface area contributed by atoms with Crippen LogP contribution in [-0.4, -0.2) is 59.7 Å². The predicted octanol–water partition coefficient (Wildman–Crippen LogP) is -2.21. The van der Waals surface area contributed by atoms with Crippen LogP contribution in [-0.2, 0) is 9.47 Å². The molecule has 1 heterocycles. The monoisotopic (exact) mass is 207 g/mol. The molecule has 84 valence electrons. The zero-order valence-corrected chi connectivity index (χ0v) is 8.04. The second kappa shape index (κ2) is 5.01. The summed E-state index contributed by atoms with van der Waals surface area (Å²) in [7, 11) is 1.36. The average Bonchev–Trinajstić information content (AvgIpc) is 2.19. The number of hydrogen-bond acceptors (Lipinski definition) is 6. The van der Waals surface area contributed by atoms with Gasteiger partial charge in [-0.05, 0) is 13.0 Å². The van der Waals surface area contributed by atoms with Gasteiger partial charge in [0.2, 0.25) is 0 Å². The molecule has 0 saturated carbocycles. The van der Waals surface area contributed by atoms with Crippen LogP contribution in [0.3, 0.4) is 0 Å². The van der Waals surface area contributed by atoms with E-state index in [9.17, 15) is 15.3 Å². The normalized spacial score (nSPS) is 43.9. The molecule has 0 spiro atoms. The number of nitrogens with two attached hydrogens (primary N) is 1. The average molecular weight is 207 g/mol. The molecule has 14 heavy (non-hydrogen) atoms. The molecule has 0 radical (unpaired) electrons. The van der Waals surface area contributed by atoms with Crippen LogP contribution in [0.2, 0.25) is 0 Å². The van der Waals surface area contributed by atoms with E-state index in [1.165, 1.54) is 7.11 Å². The van der Waals surface area contributed by atoms with Gasteiger partial charge in [0.15, 0.2) is 6.29 Å². The summed E-state index contributed by atoms with van der Waals surface area (Å²) < 4.78 is 10.0. The van der Waals surface area contributed by atoms with Gasteiger partial charge in [-0.1, -0.05) is 0 Å². The minimum absolute atomic E-state index is 0.334. The molecular weight excluding hydrogens is 190 g/mol. The van der Waals surface area contributed by atoms with Crippen molar-refractivity contribution in [3.8, 4) is 0 Å².